The Morgan fingerprint density at radius 1 is 1.38 bits per heavy atom. The molecular formula is C17H26N2O2. The van der Waals surface area contributed by atoms with Crippen molar-refractivity contribution in [1.29, 1.82) is 0 Å². The fourth-order valence-corrected chi connectivity index (χ4v) is 2.91. The van der Waals surface area contributed by atoms with Crippen molar-refractivity contribution in [1.82, 2.24) is 10.6 Å². The fraction of sp³-hybridized carbons (Fsp3) is 0.588. The van der Waals surface area contributed by atoms with E-state index in [9.17, 15) is 4.79 Å². The number of amides is 1. The average molecular weight is 290 g/mol. The number of hydrogen-bond donors (Lipinski definition) is 2. The highest BCUT2D eigenvalue weighted by molar-refractivity contribution is 5.81. The number of nitrogens with one attached hydrogen (secondary N) is 2. The third-order valence-electron chi connectivity index (χ3n) is 4.25. The van der Waals surface area contributed by atoms with E-state index in [0.29, 0.717) is 25.1 Å². The highest BCUT2D eigenvalue weighted by Gasteiger charge is 2.32. The van der Waals surface area contributed by atoms with Crippen molar-refractivity contribution < 1.29 is 9.53 Å². The van der Waals surface area contributed by atoms with Gasteiger partial charge in [-0.15, -0.1) is 0 Å². The maximum atomic E-state index is 11.9. The molecule has 21 heavy (non-hydrogen) atoms. The summed E-state index contributed by atoms with van der Waals surface area (Å²) in [6, 6.07) is 8.87. The molecule has 0 aliphatic heterocycles. The van der Waals surface area contributed by atoms with Crippen LogP contribution in [0, 0.1) is 6.92 Å². The molecule has 1 aliphatic carbocycles. The molecule has 4 heteroatoms. The molecule has 1 unspecified atom stereocenters. The van der Waals surface area contributed by atoms with Crippen molar-refractivity contribution >= 4 is 5.91 Å². The van der Waals surface area contributed by atoms with Gasteiger partial charge in [-0.2, -0.15) is 0 Å². The largest absolute Gasteiger partial charge is 0.383 e. The van der Waals surface area contributed by atoms with Crippen LogP contribution in [0.4, 0.5) is 0 Å². The lowest BCUT2D eigenvalue weighted by Crippen LogP contribution is -2.51. The zero-order valence-electron chi connectivity index (χ0n) is 13.2. The third-order valence-corrected chi connectivity index (χ3v) is 4.25. The first-order chi connectivity index (χ1) is 10.1. The molecule has 2 rings (SSSR count). The van der Waals surface area contributed by atoms with E-state index < -0.39 is 0 Å². The zero-order valence-corrected chi connectivity index (χ0v) is 13.2. The van der Waals surface area contributed by atoms with Crippen LogP contribution in [0.2, 0.25) is 0 Å². The van der Waals surface area contributed by atoms with Crippen LogP contribution in [0.3, 0.4) is 0 Å². The van der Waals surface area contributed by atoms with Gasteiger partial charge in [0, 0.05) is 19.7 Å². The molecule has 1 amide bonds. The summed E-state index contributed by atoms with van der Waals surface area (Å²) >= 11 is 0. The summed E-state index contributed by atoms with van der Waals surface area (Å²) in [7, 11) is 1.63. The molecule has 2 N–H and O–H groups in total. The standard InChI is InChI=1S/C17H26N2O2/c1-12-6-4-5-7-16(12)14-10-15(11-14)19-13(2)17(20)18-8-9-21-3/h4-7,13-15,19H,8-11H2,1-3H3,(H,18,20). The summed E-state index contributed by atoms with van der Waals surface area (Å²) in [6.45, 7) is 5.21. The number of rotatable bonds is 7. The van der Waals surface area contributed by atoms with E-state index in [1.165, 1.54) is 11.1 Å². The normalized spacial score (nSPS) is 22.4. The van der Waals surface area contributed by atoms with Crippen LogP contribution in [-0.4, -0.2) is 38.3 Å². The number of ether oxygens (including phenoxy) is 1. The Morgan fingerprint density at radius 2 is 2.10 bits per heavy atom. The number of benzene rings is 1. The van der Waals surface area contributed by atoms with Crippen LogP contribution in [0.1, 0.15) is 36.8 Å². The molecule has 1 aromatic carbocycles. The Morgan fingerprint density at radius 3 is 2.76 bits per heavy atom. The smallest absolute Gasteiger partial charge is 0.236 e. The van der Waals surface area contributed by atoms with Gasteiger partial charge in [-0.1, -0.05) is 24.3 Å². The number of methoxy groups -OCH3 is 1. The molecule has 0 bridgehead atoms. The van der Waals surface area contributed by atoms with Crippen molar-refractivity contribution in [2.45, 2.75) is 44.7 Å². The van der Waals surface area contributed by atoms with Crippen molar-refractivity contribution in [3.63, 3.8) is 0 Å². The van der Waals surface area contributed by atoms with Crippen LogP contribution < -0.4 is 10.6 Å². The van der Waals surface area contributed by atoms with Crippen molar-refractivity contribution in [3.05, 3.63) is 35.4 Å². The maximum Gasteiger partial charge on any atom is 0.236 e. The zero-order chi connectivity index (χ0) is 15.2. The van der Waals surface area contributed by atoms with Gasteiger partial charge >= 0.3 is 0 Å². The summed E-state index contributed by atoms with van der Waals surface area (Å²) in [4.78, 5) is 11.9. The Bertz CT molecular complexity index is 470. The molecule has 1 aromatic rings. The second-order valence-corrected chi connectivity index (χ2v) is 5.89. The maximum absolute atomic E-state index is 11.9. The van der Waals surface area contributed by atoms with E-state index in [1.807, 2.05) is 6.92 Å². The van der Waals surface area contributed by atoms with Crippen LogP contribution in [0.15, 0.2) is 24.3 Å². The highest BCUT2D eigenvalue weighted by atomic mass is 16.5. The van der Waals surface area contributed by atoms with Crippen LogP contribution >= 0.6 is 0 Å². The number of aryl methyl sites for hydroxylation is 1. The summed E-state index contributed by atoms with van der Waals surface area (Å²) in [5, 5.41) is 6.27. The number of carbonyl (C=O) groups excluding carboxylic acids is 1. The minimum absolute atomic E-state index is 0.0476. The predicted molar refractivity (Wildman–Crippen MR) is 84.4 cm³/mol. The third kappa shape index (κ3) is 4.29. The summed E-state index contributed by atoms with van der Waals surface area (Å²) < 4.78 is 4.92. The molecule has 0 saturated heterocycles. The van der Waals surface area contributed by atoms with Crippen LogP contribution in [-0.2, 0) is 9.53 Å². The molecule has 0 spiro atoms. The first kappa shape index (κ1) is 16.0. The van der Waals surface area contributed by atoms with E-state index in [4.69, 9.17) is 4.74 Å². The molecule has 116 valence electrons. The monoisotopic (exact) mass is 290 g/mol. The van der Waals surface area contributed by atoms with E-state index in [2.05, 4.69) is 41.8 Å². The molecular weight excluding hydrogens is 264 g/mol. The van der Waals surface area contributed by atoms with Crippen LogP contribution in [0.25, 0.3) is 0 Å². The summed E-state index contributed by atoms with van der Waals surface area (Å²) in [6.07, 6.45) is 2.22. The molecule has 1 atom stereocenters. The first-order valence-electron chi connectivity index (χ1n) is 7.70. The second kappa shape index (κ2) is 7.57. The predicted octanol–water partition coefficient (Wildman–Crippen LogP) is 1.98. The van der Waals surface area contributed by atoms with E-state index in [0.717, 1.165) is 12.8 Å². The van der Waals surface area contributed by atoms with Gasteiger partial charge in [0.2, 0.25) is 5.91 Å². The fourth-order valence-electron chi connectivity index (χ4n) is 2.91. The molecule has 0 heterocycles. The van der Waals surface area contributed by atoms with E-state index >= 15 is 0 Å². The molecule has 0 radical (unpaired) electrons. The van der Waals surface area contributed by atoms with E-state index in [-0.39, 0.29) is 11.9 Å². The lowest BCUT2D eigenvalue weighted by atomic mass is 9.74. The molecule has 1 fully saturated rings. The van der Waals surface area contributed by atoms with Gasteiger partial charge in [-0.25, -0.2) is 0 Å². The van der Waals surface area contributed by atoms with Gasteiger partial charge in [0.05, 0.1) is 12.6 Å². The van der Waals surface area contributed by atoms with Crippen molar-refractivity contribution in [3.8, 4) is 0 Å². The lowest BCUT2D eigenvalue weighted by molar-refractivity contribution is -0.123. The average Bonchev–Trinajstić information content (AvgIpc) is 2.43. The number of carbonyl (C=O) groups is 1. The van der Waals surface area contributed by atoms with Gasteiger partial charge in [0.1, 0.15) is 0 Å². The second-order valence-electron chi connectivity index (χ2n) is 5.89. The van der Waals surface area contributed by atoms with Gasteiger partial charge in [0.25, 0.3) is 0 Å². The SMILES string of the molecule is COCCNC(=O)C(C)NC1CC(c2ccccc2C)C1. The van der Waals surface area contributed by atoms with Crippen molar-refractivity contribution in [2.24, 2.45) is 0 Å². The van der Waals surface area contributed by atoms with Gasteiger partial charge in [-0.3, -0.25) is 4.79 Å². The molecule has 1 aliphatic rings. The molecule has 0 aromatic heterocycles. The summed E-state index contributed by atoms with van der Waals surface area (Å²) in [5.74, 6) is 0.679. The Labute approximate surface area is 127 Å². The Hall–Kier alpha value is -1.39. The number of hydrogen-bond acceptors (Lipinski definition) is 3. The quantitative estimate of drug-likeness (QED) is 0.755. The topological polar surface area (TPSA) is 50.4 Å². The first-order valence-corrected chi connectivity index (χ1v) is 7.70. The minimum Gasteiger partial charge on any atom is -0.383 e. The minimum atomic E-state index is -0.148. The lowest BCUT2D eigenvalue weighted by Gasteiger charge is -2.38. The van der Waals surface area contributed by atoms with E-state index in [1.54, 1.807) is 7.11 Å². The highest BCUT2D eigenvalue weighted by Crippen LogP contribution is 2.38. The van der Waals surface area contributed by atoms with Gasteiger partial charge in [-0.05, 0) is 43.7 Å². The van der Waals surface area contributed by atoms with Crippen molar-refractivity contribution in [2.75, 3.05) is 20.3 Å². The van der Waals surface area contributed by atoms with Gasteiger partial charge < -0.3 is 15.4 Å². The summed E-state index contributed by atoms with van der Waals surface area (Å²) in [5.41, 5.74) is 2.82. The van der Waals surface area contributed by atoms with Gasteiger partial charge in [0.15, 0.2) is 0 Å². The Balaban J connectivity index is 1.72. The molecule has 4 nitrogen and oxygen atoms in total. The Kier molecular flexibility index (Phi) is 5.76. The molecule has 1 saturated carbocycles. The van der Waals surface area contributed by atoms with Crippen LogP contribution in [0.5, 0.6) is 0 Å².